The minimum Gasteiger partial charge on any atom is -0.457 e. The minimum atomic E-state index is -0.665. The summed E-state index contributed by atoms with van der Waals surface area (Å²) in [4.78, 5) is 14.7. The van der Waals surface area contributed by atoms with E-state index in [9.17, 15) is 9.90 Å². The zero-order valence-corrected chi connectivity index (χ0v) is 21.9. The third-order valence-electron chi connectivity index (χ3n) is 6.46. The Morgan fingerprint density at radius 1 is 0.763 bits per heavy atom. The number of hydrogen-bond acceptors (Lipinski definition) is 4. The minimum absolute atomic E-state index is 0.169. The molecule has 1 unspecified atom stereocenters. The number of amides is 1. The Hall–Kier alpha value is -3.93. The number of nitrogens with zero attached hydrogens (tertiary/aromatic N) is 1. The lowest BCUT2D eigenvalue weighted by molar-refractivity contribution is 0.0861. The van der Waals surface area contributed by atoms with Gasteiger partial charge in [0.2, 0.25) is 0 Å². The Kier molecular flexibility index (Phi) is 10.1. The van der Waals surface area contributed by atoms with Crippen molar-refractivity contribution in [2.45, 2.75) is 25.9 Å². The molecule has 0 saturated heterocycles. The van der Waals surface area contributed by atoms with E-state index in [1.165, 1.54) is 11.1 Å². The third-order valence-corrected chi connectivity index (χ3v) is 6.46. The van der Waals surface area contributed by atoms with Crippen LogP contribution in [-0.2, 0) is 12.8 Å². The van der Waals surface area contributed by atoms with Crippen molar-refractivity contribution in [3.05, 3.63) is 131 Å². The van der Waals surface area contributed by atoms with Gasteiger partial charge >= 0.3 is 0 Å². The monoisotopic (exact) mass is 508 g/mol. The number of nitrogens with one attached hydrogen (secondary N) is 1. The second kappa shape index (κ2) is 14.1. The fourth-order valence-electron chi connectivity index (χ4n) is 4.24. The van der Waals surface area contributed by atoms with Crippen molar-refractivity contribution in [2.75, 3.05) is 26.2 Å². The highest BCUT2D eigenvalue weighted by Gasteiger charge is 2.14. The number of ether oxygens (including phenoxy) is 1. The van der Waals surface area contributed by atoms with Gasteiger partial charge in [0.25, 0.3) is 5.91 Å². The number of carbonyl (C=O) groups is 1. The number of aliphatic hydroxyl groups excluding tert-OH is 1. The van der Waals surface area contributed by atoms with Crippen LogP contribution in [0.3, 0.4) is 0 Å². The molecule has 5 heteroatoms. The molecule has 0 bridgehead atoms. The first-order chi connectivity index (χ1) is 18.5. The summed E-state index contributed by atoms with van der Waals surface area (Å²) < 4.78 is 5.91. The smallest absolute Gasteiger partial charge is 0.251 e. The molecule has 5 nitrogen and oxygen atoms in total. The van der Waals surface area contributed by atoms with Gasteiger partial charge in [-0.1, -0.05) is 78.4 Å². The lowest BCUT2D eigenvalue weighted by Gasteiger charge is -2.25. The maximum atomic E-state index is 12.5. The van der Waals surface area contributed by atoms with Crippen LogP contribution >= 0.6 is 0 Å². The molecule has 0 aromatic heterocycles. The number of aliphatic hydroxyl groups is 1. The molecule has 0 aliphatic carbocycles. The van der Waals surface area contributed by atoms with Crippen molar-refractivity contribution in [3.8, 4) is 11.5 Å². The summed E-state index contributed by atoms with van der Waals surface area (Å²) in [5.41, 5.74) is 4.18. The number of aryl methyl sites for hydroxylation is 1. The molecule has 4 rings (SSSR count). The van der Waals surface area contributed by atoms with Crippen LogP contribution in [0.4, 0.5) is 0 Å². The lowest BCUT2D eigenvalue weighted by Crippen LogP contribution is -2.41. The highest BCUT2D eigenvalue weighted by atomic mass is 16.5. The predicted molar refractivity (Wildman–Crippen MR) is 153 cm³/mol. The number of para-hydroxylation sites is 1. The molecule has 4 aromatic rings. The molecule has 196 valence electrons. The Bertz CT molecular complexity index is 1240. The van der Waals surface area contributed by atoms with Gasteiger partial charge in [-0.25, -0.2) is 0 Å². The summed E-state index contributed by atoms with van der Waals surface area (Å²) in [5.74, 6) is 1.45. The molecule has 38 heavy (non-hydrogen) atoms. The molecule has 4 aromatic carbocycles. The predicted octanol–water partition coefficient (Wildman–Crippen LogP) is 5.67. The van der Waals surface area contributed by atoms with E-state index in [-0.39, 0.29) is 12.5 Å². The number of benzene rings is 4. The molecule has 0 spiro atoms. The van der Waals surface area contributed by atoms with Crippen molar-refractivity contribution in [2.24, 2.45) is 0 Å². The highest BCUT2D eigenvalue weighted by Crippen LogP contribution is 2.21. The molecule has 2 N–H and O–H groups in total. The average Bonchev–Trinajstić information content (AvgIpc) is 2.95. The average molecular weight is 509 g/mol. The van der Waals surface area contributed by atoms with Gasteiger partial charge in [-0.05, 0) is 67.3 Å². The molecular formula is C33H36N2O3. The van der Waals surface area contributed by atoms with Crippen LogP contribution in [0.2, 0.25) is 0 Å². The molecule has 0 radical (unpaired) electrons. The maximum absolute atomic E-state index is 12.5. The van der Waals surface area contributed by atoms with E-state index in [0.717, 1.165) is 43.0 Å². The molecule has 0 aliphatic rings. The third kappa shape index (κ3) is 8.87. The largest absolute Gasteiger partial charge is 0.457 e. The fourth-order valence-corrected chi connectivity index (χ4v) is 4.24. The zero-order valence-electron chi connectivity index (χ0n) is 21.9. The van der Waals surface area contributed by atoms with Gasteiger partial charge < -0.3 is 20.1 Å². The van der Waals surface area contributed by atoms with Crippen LogP contribution in [0.5, 0.6) is 11.5 Å². The van der Waals surface area contributed by atoms with Gasteiger partial charge in [0.05, 0.1) is 6.10 Å². The second-order valence-corrected chi connectivity index (χ2v) is 9.58. The molecule has 0 saturated carbocycles. The Balaban J connectivity index is 1.31. The first-order valence-corrected chi connectivity index (χ1v) is 13.2. The topological polar surface area (TPSA) is 61.8 Å². The normalized spacial score (nSPS) is 11.8. The van der Waals surface area contributed by atoms with Gasteiger partial charge in [0.1, 0.15) is 11.5 Å². The van der Waals surface area contributed by atoms with Gasteiger partial charge in [0, 0.05) is 31.7 Å². The van der Waals surface area contributed by atoms with Crippen LogP contribution in [0.15, 0.2) is 109 Å². The van der Waals surface area contributed by atoms with Gasteiger partial charge in [-0.3, -0.25) is 4.79 Å². The summed E-state index contributed by atoms with van der Waals surface area (Å²) in [5, 5.41) is 13.6. The van der Waals surface area contributed by atoms with Crippen molar-refractivity contribution >= 4 is 5.91 Å². The molecule has 0 fully saturated rings. The Morgan fingerprint density at radius 3 is 1.95 bits per heavy atom. The first kappa shape index (κ1) is 27.1. The number of rotatable bonds is 13. The van der Waals surface area contributed by atoms with E-state index < -0.39 is 6.10 Å². The van der Waals surface area contributed by atoms with Crippen LogP contribution in [0.25, 0.3) is 0 Å². The van der Waals surface area contributed by atoms with Crippen LogP contribution < -0.4 is 10.1 Å². The first-order valence-electron chi connectivity index (χ1n) is 13.2. The molecule has 0 aliphatic heterocycles. The summed E-state index contributed by atoms with van der Waals surface area (Å²) >= 11 is 0. The summed E-state index contributed by atoms with van der Waals surface area (Å²) in [6, 6.07) is 35.7. The quantitative estimate of drug-likeness (QED) is 0.244. The Labute approximate surface area is 225 Å². The molecule has 0 heterocycles. The molecular weight excluding hydrogens is 472 g/mol. The Morgan fingerprint density at radius 2 is 1.32 bits per heavy atom. The lowest BCUT2D eigenvalue weighted by atomic mass is 10.1. The van der Waals surface area contributed by atoms with Crippen LogP contribution in [0.1, 0.15) is 27.0 Å². The van der Waals surface area contributed by atoms with Crippen molar-refractivity contribution in [3.63, 3.8) is 0 Å². The van der Waals surface area contributed by atoms with E-state index in [1.54, 1.807) is 12.1 Å². The van der Waals surface area contributed by atoms with E-state index in [0.29, 0.717) is 12.1 Å². The summed E-state index contributed by atoms with van der Waals surface area (Å²) in [7, 11) is 0. The zero-order chi connectivity index (χ0) is 26.6. The van der Waals surface area contributed by atoms with E-state index in [2.05, 4.69) is 34.5 Å². The summed E-state index contributed by atoms with van der Waals surface area (Å²) in [6.45, 7) is 4.30. The van der Waals surface area contributed by atoms with Crippen molar-refractivity contribution < 1.29 is 14.6 Å². The maximum Gasteiger partial charge on any atom is 0.251 e. The van der Waals surface area contributed by atoms with Gasteiger partial charge in [-0.15, -0.1) is 0 Å². The highest BCUT2D eigenvalue weighted by molar-refractivity contribution is 5.94. The van der Waals surface area contributed by atoms with Gasteiger partial charge in [-0.2, -0.15) is 0 Å². The summed E-state index contributed by atoms with van der Waals surface area (Å²) in [6.07, 6.45) is 1.08. The molecule has 1 amide bonds. The fraction of sp³-hybridized carbons (Fsp3) is 0.242. The van der Waals surface area contributed by atoms with Crippen molar-refractivity contribution in [1.29, 1.82) is 0 Å². The standard InChI is InChI=1S/C33H36N2O3/c1-26-12-16-29(17-13-26)33(37)34-24-30(36)25-35(22-20-27-8-4-2-5-9-27)23-21-28-14-18-32(19-15-28)38-31-10-6-3-7-11-31/h2-19,30,36H,20-25H2,1H3,(H,34,37). The van der Waals surface area contributed by atoms with Gasteiger partial charge in [0.15, 0.2) is 0 Å². The van der Waals surface area contributed by atoms with E-state index >= 15 is 0 Å². The van der Waals surface area contributed by atoms with E-state index in [4.69, 9.17) is 4.74 Å². The van der Waals surface area contributed by atoms with Crippen molar-refractivity contribution in [1.82, 2.24) is 10.2 Å². The molecule has 1 atom stereocenters. The SMILES string of the molecule is Cc1ccc(C(=O)NCC(O)CN(CCc2ccccc2)CCc2ccc(Oc3ccccc3)cc2)cc1. The van der Waals surface area contributed by atoms with Crippen LogP contribution in [-0.4, -0.2) is 48.2 Å². The van der Waals surface area contributed by atoms with E-state index in [1.807, 2.05) is 79.7 Å². The number of hydrogen-bond donors (Lipinski definition) is 2. The number of carbonyl (C=O) groups excluding carboxylic acids is 1. The van der Waals surface area contributed by atoms with Crippen LogP contribution in [0, 0.1) is 6.92 Å². The second-order valence-electron chi connectivity index (χ2n) is 9.58.